The predicted molar refractivity (Wildman–Crippen MR) is 56.2 cm³/mol. The first kappa shape index (κ1) is 10.8. The van der Waals surface area contributed by atoms with Crippen molar-refractivity contribution in [2.24, 2.45) is 0 Å². The molecular weight excluding hydrogens is 210 g/mol. The Hall–Kier alpha value is -1.69. The van der Waals surface area contributed by atoms with Crippen molar-refractivity contribution in [3.63, 3.8) is 0 Å². The molecule has 2 rings (SSSR count). The molecule has 0 aromatic carbocycles. The molecule has 1 fully saturated rings. The van der Waals surface area contributed by atoms with Crippen LogP contribution in [0.2, 0.25) is 0 Å². The molecule has 1 atom stereocenters. The number of morpholine rings is 1. The van der Waals surface area contributed by atoms with Gasteiger partial charge in [0.15, 0.2) is 0 Å². The quantitative estimate of drug-likeness (QED) is 0.705. The summed E-state index contributed by atoms with van der Waals surface area (Å²) in [5, 5.41) is 5.96. The number of nitrogens with zero attached hydrogens (tertiary/aromatic N) is 2. The van der Waals surface area contributed by atoms with E-state index in [1.54, 1.807) is 4.90 Å². The minimum absolute atomic E-state index is 0.0421. The standard InChI is InChI=1S/C10H13N3O3/c1-7-6-13(4-5-16-7)10(15)8-2-3-9(14)12-11-8/h2-3,7H,4-6H2,1H3,(H,12,14). The number of H-pyrrole nitrogens is 1. The van der Waals surface area contributed by atoms with Crippen molar-refractivity contribution in [2.45, 2.75) is 13.0 Å². The van der Waals surface area contributed by atoms with Gasteiger partial charge in [0.1, 0.15) is 5.69 Å². The van der Waals surface area contributed by atoms with E-state index in [9.17, 15) is 9.59 Å². The molecule has 1 aromatic heterocycles. The molecule has 0 saturated carbocycles. The molecule has 86 valence electrons. The second-order valence-corrected chi connectivity index (χ2v) is 3.74. The van der Waals surface area contributed by atoms with Gasteiger partial charge in [-0.25, -0.2) is 5.10 Å². The van der Waals surface area contributed by atoms with Crippen molar-refractivity contribution in [1.82, 2.24) is 15.1 Å². The Bertz CT molecular complexity index is 423. The molecule has 6 nitrogen and oxygen atoms in total. The number of nitrogens with one attached hydrogen (secondary N) is 1. The van der Waals surface area contributed by atoms with E-state index in [1.807, 2.05) is 6.92 Å². The summed E-state index contributed by atoms with van der Waals surface area (Å²) in [7, 11) is 0. The maximum Gasteiger partial charge on any atom is 0.274 e. The Kier molecular flexibility index (Phi) is 3.00. The summed E-state index contributed by atoms with van der Waals surface area (Å²) in [4.78, 5) is 24.4. The van der Waals surface area contributed by atoms with Crippen LogP contribution in [0.1, 0.15) is 17.4 Å². The van der Waals surface area contributed by atoms with Crippen LogP contribution in [0.3, 0.4) is 0 Å². The SMILES string of the molecule is CC1CN(C(=O)c2ccc(=O)[nH]n2)CCO1. The van der Waals surface area contributed by atoms with Crippen LogP contribution >= 0.6 is 0 Å². The van der Waals surface area contributed by atoms with Gasteiger partial charge in [-0.05, 0) is 13.0 Å². The highest BCUT2D eigenvalue weighted by Crippen LogP contribution is 2.07. The molecule has 1 unspecified atom stereocenters. The van der Waals surface area contributed by atoms with Gasteiger partial charge in [-0.15, -0.1) is 0 Å². The molecule has 1 saturated heterocycles. The van der Waals surface area contributed by atoms with Crippen LogP contribution in [0, 0.1) is 0 Å². The van der Waals surface area contributed by atoms with Crippen molar-refractivity contribution >= 4 is 5.91 Å². The first-order valence-corrected chi connectivity index (χ1v) is 5.13. The third-order valence-electron chi connectivity index (χ3n) is 2.43. The van der Waals surface area contributed by atoms with E-state index in [4.69, 9.17) is 4.74 Å². The topological polar surface area (TPSA) is 75.3 Å². The van der Waals surface area contributed by atoms with Crippen LogP contribution in [-0.4, -0.2) is 46.8 Å². The van der Waals surface area contributed by atoms with Gasteiger partial charge in [0.05, 0.1) is 12.7 Å². The van der Waals surface area contributed by atoms with Crippen LogP contribution in [-0.2, 0) is 4.74 Å². The molecule has 2 heterocycles. The summed E-state index contributed by atoms with van der Waals surface area (Å²) >= 11 is 0. The smallest absolute Gasteiger partial charge is 0.274 e. The number of amides is 1. The number of carbonyl (C=O) groups excluding carboxylic acids is 1. The highest BCUT2D eigenvalue weighted by molar-refractivity contribution is 5.92. The third-order valence-corrected chi connectivity index (χ3v) is 2.43. The lowest BCUT2D eigenvalue weighted by molar-refractivity contribution is -0.0126. The fraction of sp³-hybridized carbons (Fsp3) is 0.500. The average molecular weight is 223 g/mol. The number of hydrogen-bond acceptors (Lipinski definition) is 4. The van der Waals surface area contributed by atoms with E-state index in [0.717, 1.165) is 0 Å². The monoisotopic (exact) mass is 223 g/mol. The molecule has 16 heavy (non-hydrogen) atoms. The summed E-state index contributed by atoms with van der Waals surface area (Å²) in [6.07, 6.45) is 0.0421. The Morgan fingerprint density at radius 1 is 1.62 bits per heavy atom. The zero-order chi connectivity index (χ0) is 11.5. The maximum atomic E-state index is 11.9. The lowest BCUT2D eigenvalue weighted by atomic mass is 10.2. The first-order chi connectivity index (χ1) is 7.66. The van der Waals surface area contributed by atoms with Crippen molar-refractivity contribution < 1.29 is 9.53 Å². The Labute approximate surface area is 92.2 Å². The van der Waals surface area contributed by atoms with Gasteiger partial charge >= 0.3 is 0 Å². The molecule has 1 amide bonds. The van der Waals surface area contributed by atoms with Crippen LogP contribution in [0.15, 0.2) is 16.9 Å². The molecule has 0 radical (unpaired) electrons. The number of carbonyl (C=O) groups is 1. The minimum Gasteiger partial charge on any atom is -0.375 e. The van der Waals surface area contributed by atoms with Gasteiger partial charge < -0.3 is 9.64 Å². The van der Waals surface area contributed by atoms with Crippen LogP contribution in [0.25, 0.3) is 0 Å². The van der Waals surface area contributed by atoms with Gasteiger partial charge in [-0.3, -0.25) is 9.59 Å². The summed E-state index contributed by atoms with van der Waals surface area (Å²) < 4.78 is 5.34. The lowest BCUT2D eigenvalue weighted by Crippen LogP contribution is -2.44. The van der Waals surface area contributed by atoms with E-state index in [-0.39, 0.29) is 23.3 Å². The average Bonchev–Trinajstić information content (AvgIpc) is 2.29. The predicted octanol–water partition coefficient (Wildman–Crippen LogP) is -0.369. The van der Waals surface area contributed by atoms with E-state index >= 15 is 0 Å². The van der Waals surface area contributed by atoms with Gasteiger partial charge in [-0.2, -0.15) is 5.10 Å². The summed E-state index contributed by atoms with van der Waals surface area (Å²) in [5.74, 6) is -0.175. The van der Waals surface area contributed by atoms with Crippen molar-refractivity contribution in [2.75, 3.05) is 19.7 Å². The van der Waals surface area contributed by atoms with Gasteiger partial charge in [0, 0.05) is 19.2 Å². The number of rotatable bonds is 1. The van der Waals surface area contributed by atoms with Crippen molar-refractivity contribution in [1.29, 1.82) is 0 Å². The Balaban J connectivity index is 2.12. The second kappa shape index (κ2) is 4.44. The van der Waals surface area contributed by atoms with Crippen LogP contribution < -0.4 is 5.56 Å². The van der Waals surface area contributed by atoms with Crippen molar-refractivity contribution in [3.05, 3.63) is 28.2 Å². The minimum atomic E-state index is -0.313. The zero-order valence-electron chi connectivity index (χ0n) is 8.97. The van der Waals surface area contributed by atoms with Crippen molar-refractivity contribution in [3.8, 4) is 0 Å². The van der Waals surface area contributed by atoms with Crippen LogP contribution in [0.4, 0.5) is 0 Å². The number of aromatic nitrogens is 2. The highest BCUT2D eigenvalue weighted by Gasteiger charge is 2.23. The second-order valence-electron chi connectivity index (χ2n) is 3.74. The molecule has 1 N–H and O–H groups in total. The summed E-state index contributed by atoms with van der Waals surface area (Å²) in [6.45, 7) is 3.57. The van der Waals surface area contributed by atoms with E-state index in [1.165, 1.54) is 12.1 Å². The Morgan fingerprint density at radius 2 is 2.44 bits per heavy atom. The zero-order valence-corrected chi connectivity index (χ0v) is 8.97. The van der Waals surface area contributed by atoms with Crippen LogP contribution in [0.5, 0.6) is 0 Å². The third kappa shape index (κ3) is 2.27. The van der Waals surface area contributed by atoms with Gasteiger partial charge in [-0.1, -0.05) is 0 Å². The normalized spacial score (nSPS) is 20.8. The first-order valence-electron chi connectivity index (χ1n) is 5.13. The fourth-order valence-corrected chi connectivity index (χ4v) is 1.63. The molecule has 0 aliphatic carbocycles. The fourth-order valence-electron chi connectivity index (χ4n) is 1.63. The summed E-state index contributed by atoms with van der Waals surface area (Å²) in [5.41, 5.74) is -0.0550. The Morgan fingerprint density at radius 3 is 3.06 bits per heavy atom. The largest absolute Gasteiger partial charge is 0.375 e. The molecule has 6 heteroatoms. The highest BCUT2D eigenvalue weighted by atomic mass is 16.5. The maximum absolute atomic E-state index is 11.9. The number of ether oxygens (including phenoxy) is 1. The molecule has 0 spiro atoms. The molecule has 0 bridgehead atoms. The summed E-state index contributed by atoms with van der Waals surface area (Å²) in [6, 6.07) is 2.73. The number of aromatic amines is 1. The molecular formula is C10H13N3O3. The van der Waals surface area contributed by atoms with E-state index in [0.29, 0.717) is 19.7 Å². The molecule has 1 aliphatic heterocycles. The van der Waals surface area contributed by atoms with E-state index in [2.05, 4.69) is 10.2 Å². The molecule has 1 aromatic rings. The lowest BCUT2D eigenvalue weighted by Gasteiger charge is -2.30. The molecule has 1 aliphatic rings. The van der Waals surface area contributed by atoms with Gasteiger partial charge in [0.2, 0.25) is 0 Å². The number of hydrogen-bond donors (Lipinski definition) is 1. The van der Waals surface area contributed by atoms with Gasteiger partial charge in [0.25, 0.3) is 11.5 Å². The van der Waals surface area contributed by atoms with E-state index < -0.39 is 0 Å².